The second kappa shape index (κ2) is 6.27. The van der Waals surface area contributed by atoms with Crippen molar-refractivity contribution in [2.24, 2.45) is 0 Å². The Hall–Kier alpha value is -2.63. The van der Waals surface area contributed by atoms with Gasteiger partial charge < -0.3 is 9.32 Å². The van der Waals surface area contributed by atoms with Crippen molar-refractivity contribution in [3.63, 3.8) is 0 Å². The minimum Gasteiger partial charge on any atom is -0.464 e. The monoisotopic (exact) mass is 352 g/mol. The summed E-state index contributed by atoms with van der Waals surface area (Å²) in [7, 11) is 0. The van der Waals surface area contributed by atoms with Crippen molar-refractivity contribution in [2.75, 3.05) is 6.54 Å². The number of benzene rings is 1. The number of fused-ring (bicyclic) bond motifs is 1. The highest BCUT2D eigenvalue weighted by molar-refractivity contribution is 5.92. The first-order valence-electron chi connectivity index (χ1n) is 9.11. The Bertz CT molecular complexity index is 985. The van der Waals surface area contributed by atoms with Crippen LogP contribution in [-0.4, -0.2) is 32.5 Å². The second-order valence-corrected chi connectivity index (χ2v) is 7.30. The van der Waals surface area contributed by atoms with E-state index >= 15 is 0 Å². The maximum absolute atomic E-state index is 13.0. The molecule has 0 radical (unpaired) electrons. The molecule has 1 aromatic carbocycles. The van der Waals surface area contributed by atoms with Crippen LogP contribution in [0.5, 0.6) is 0 Å². The van der Waals surface area contributed by atoms with E-state index in [1.807, 2.05) is 11.8 Å². The minimum atomic E-state index is -0.0318. The summed E-state index contributed by atoms with van der Waals surface area (Å²) in [6.45, 7) is 8.86. The number of aryl methyl sites for hydroxylation is 4. The summed E-state index contributed by atoms with van der Waals surface area (Å²) in [4.78, 5) is 19.4. The number of furan rings is 1. The fourth-order valence-corrected chi connectivity index (χ4v) is 4.02. The highest BCUT2D eigenvalue weighted by Crippen LogP contribution is 2.33. The van der Waals surface area contributed by atoms with Gasteiger partial charge in [0.1, 0.15) is 11.4 Å². The van der Waals surface area contributed by atoms with Gasteiger partial charge in [-0.2, -0.15) is 5.10 Å². The number of amides is 1. The molecule has 2 aromatic heterocycles. The van der Waals surface area contributed by atoms with E-state index < -0.39 is 0 Å². The SMILES string of the molecule is Cc1nc([C@H]2CCCN2C(=O)Cc2coc3c(C)c(C)cc(C)c23)n[nH]1. The molecule has 1 amide bonds. The predicted molar refractivity (Wildman–Crippen MR) is 98.9 cm³/mol. The summed E-state index contributed by atoms with van der Waals surface area (Å²) in [6.07, 6.45) is 3.97. The van der Waals surface area contributed by atoms with Crippen LogP contribution < -0.4 is 0 Å². The van der Waals surface area contributed by atoms with Gasteiger partial charge in [0.15, 0.2) is 5.82 Å². The van der Waals surface area contributed by atoms with Gasteiger partial charge in [-0.25, -0.2) is 4.98 Å². The van der Waals surface area contributed by atoms with Crippen molar-refractivity contribution in [3.8, 4) is 0 Å². The van der Waals surface area contributed by atoms with Crippen LogP contribution in [0.1, 0.15) is 52.8 Å². The predicted octanol–water partition coefficient (Wildman–Crippen LogP) is 3.69. The maximum atomic E-state index is 13.0. The van der Waals surface area contributed by atoms with Gasteiger partial charge >= 0.3 is 0 Å². The molecule has 3 heterocycles. The fraction of sp³-hybridized carbons (Fsp3) is 0.450. The number of hydrogen-bond acceptors (Lipinski definition) is 4. The maximum Gasteiger partial charge on any atom is 0.227 e. The molecule has 0 aliphatic carbocycles. The van der Waals surface area contributed by atoms with E-state index in [2.05, 4.69) is 42.0 Å². The summed E-state index contributed by atoms with van der Waals surface area (Å²) in [5.41, 5.74) is 5.36. The van der Waals surface area contributed by atoms with E-state index in [9.17, 15) is 4.79 Å². The number of carbonyl (C=O) groups is 1. The van der Waals surface area contributed by atoms with Crippen LogP contribution in [0, 0.1) is 27.7 Å². The third-order valence-electron chi connectivity index (χ3n) is 5.45. The Morgan fingerprint density at radius 2 is 2.12 bits per heavy atom. The van der Waals surface area contributed by atoms with E-state index in [-0.39, 0.29) is 11.9 Å². The topological polar surface area (TPSA) is 75.0 Å². The Labute approximate surface area is 152 Å². The van der Waals surface area contributed by atoms with Crippen molar-refractivity contribution < 1.29 is 9.21 Å². The molecular formula is C20H24N4O2. The Morgan fingerprint density at radius 3 is 2.85 bits per heavy atom. The van der Waals surface area contributed by atoms with E-state index in [1.165, 1.54) is 5.56 Å². The Morgan fingerprint density at radius 1 is 1.31 bits per heavy atom. The number of hydrogen-bond donors (Lipinski definition) is 1. The number of aromatic amines is 1. The van der Waals surface area contributed by atoms with Gasteiger partial charge in [-0.15, -0.1) is 0 Å². The van der Waals surface area contributed by atoms with E-state index in [4.69, 9.17) is 4.42 Å². The second-order valence-electron chi connectivity index (χ2n) is 7.30. The molecule has 6 nitrogen and oxygen atoms in total. The van der Waals surface area contributed by atoms with Gasteiger partial charge in [0.25, 0.3) is 0 Å². The quantitative estimate of drug-likeness (QED) is 0.780. The lowest BCUT2D eigenvalue weighted by atomic mass is 9.98. The zero-order valence-electron chi connectivity index (χ0n) is 15.7. The van der Waals surface area contributed by atoms with Gasteiger partial charge in [0.2, 0.25) is 5.91 Å². The summed E-state index contributed by atoms with van der Waals surface area (Å²) in [6, 6.07) is 2.13. The van der Waals surface area contributed by atoms with Crippen LogP contribution in [0.2, 0.25) is 0 Å². The Balaban J connectivity index is 1.62. The van der Waals surface area contributed by atoms with Crippen LogP contribution >= 0.6 is 0 Å². The number of likely N-dealkylation sites (tertiary alicyclic amines) is 1. The summed E-state index contributed by atoms with van der Waals surface area (Å²) in [5.74, 6) is 1.60. The van der Waals surface area contributed by atoms with Gasteiger partial charge in [0, 0.05) is 17.5 Å². The zero-order valence-corrected chi connectivity index (χ0v) is 15.7. The van der Waals surface area contributed by atoms with Crippen molar-refractivity contribution in [1.82, 2.24) is 20.1 Å². The average molecular weight is 352 g/mol. The molecule has 3 aromatic rings. The molecule has 0 unspecified atom stereocenters. The van der Waals surface area contributed by atoms with Crippen LogP contribution in [-0.2, 0) is 11.2 Å². The normalized spacial score (nSPS) is 17.4. The van der Waals surface area contributed by atoms with Crippen molar-refractivity contribution in [2.45, 2.75) is 53.0 Å². The zero-order chi connectivity index (χ0) is 18.4. The molecule has 1 aliphatic rings. The van der Waals surface area contributed by atoms with Crippen molar-refractivity contribution >= 4 is 16.9 Å². The van der Waals surface area contributed by atoms with E-state index in [0.717, 1.165) is 52.9 Å². The largest absolute Gasteiger partial charge is 0.464 e. The third-order valence-corrected chi connectivity index (χ3v) is 5.45. The highest BCUT2D eigenvalue weighted by atomic mass is 16.3. The molecule has 1 aliphatic heterocycles. The average Bonchev–Trinajstić information content (AvgIpc) is 3.31. The minimum absolute atomic E-state index is 0.0318. The molecular weight excluding hydrogens is 328 g/mol. The Kier molecular flexibility index (Phi) is 4.05. The van der Waals surface area contributed by atoms with Crippen LogP contribution in [0.4, 0.5) is 0 Å². The lowest BCUT2D eigenvalue weighted by Crippen LogP contribution is -2.32. The van der Waals surface area contributed by atoms with Gasteiger partial charge in [-0.05, 0) is 57.2 Å². The fourth-order valence-electron chi connectivity index (χ4n) is 4.02. The molecule has 1 saturated heterocycles. The highest BCUT2D eigenvalue weighted by Gasteiger charge is 2.33. The molecule has 1 fully saturated rings. The van der Waals surface area contributed by atoms with Crippen molar-refractivity contribution in [1.29, 1.82) is 0 Å². The standard InChI is InChI=1S/C20H24N4O2/c1-11-8-12(2)18-15(10-26-19(18)13(11)3)9-17(25)24-7-5-6-16(24)20-21-14(4)22-23-20/h8,10,16H,5-7,9H2,1-4H3,(H,21,22,23)/t16-/m1/s1. The van der Waals surface area contributed by atoms with E-state index in [1.54, 1.807) is 6.26 Å². The third kappa shape index (κ3) is 2.69. The first-order valence-corrected chi connectivity index (χ1v) is 9.11. The number of nitrogens with zero attached hydrogens (tertiary/aromatic N) is 3. The van der Waals surface area contributed by atoms with Crippen LogP contribution in [0.15, 0.2) is 16.7 Å². The molecule has 1 N–H and O–H groups in total. The number of nitrogens with one attached hydrogen (secondary N) is 1. The lowest BCUT2D eigenvalue weighted by molar-refractivity contribution is -0.131. The number of rotatable bonds is 3. The number of carbonyl (C=O) groups excluding carboxylic acids is 1. The molecule has 136 valence electrons. The van der Waals surface area contributed by atoms with Crippen molar-refractivity contribution in [3.05, 3.63) is 46.2 Å². The first-order chi connectivity index (χ1) is 12.5. The van der Waals surface area contributed by atoms with Crippen LogP contribution in [0.25, 0.3) is 11.0 Å². The smallest absolute Gasteiger partial charge is 0.227 e. The molecule has 0 saturated carbocycles. The van der Waals surface area contributed by atoms with Gasteiger partial charge in [0.05, 0.1) is 18.7 Å². The first kappa shape index (κ1) is 16.8. The number of H-pyrrole nitrogens is 1. The molecule has 26 heavy (non-hydrogen) atoms. The van der Waals surface area contributed by atoms with Crippen LogP contribution in [0.3, 0.4) is 0 Å². The molecule has 0 bridgehead atoms. The number of aromatic nitrogens is 3. The molecule has 0 spiro atoms. The summed E-state index contributed by atoms with van der Waals surface area (Å²) >= 11 is 0. The lowest BCUT2D eigenvalue weighted by Gasteiger charge is -2.22. The van der Waals surface area contributed by atoms with Gasteiger partial charge in [-0.1, -0.05) is 6.07 Å². The van der Waals surface area contributed by atoms with Gasteiger partial charge in [-0.3, -0.25) is 9.89 Å². The summed E-state index contributed by atoms with van der Waals surface area (Å²) in [5, 5.41) is 8.22. The van der Waals surface area contributed by atoms with E-state index in [0.29, 0.717) is 12.2 Å². The molecule has 4 rings (SSSR count). The molecule has 1 atom stereocenters. The summed E-state index contributed by atoms with van der Waals surface area (Å²) < 4.78 is 5.82. The molecule has 6 heteroatoms.